The second-order valence-corrected chi connectivity index (χ2v) is 21.2. The molecule has 0 aliphatic carbocycles. The van der Waals surface area contributed by atoms with Gasteiger partial charge in [0, 0.05) is 45.8 Å². The lowest BCUT2D eigenvalue weighted by atomic mass is 9.12. The van der Waals surface area contributed by atoms with E-state index < -0.39 is 166 Å². The van der Waals surface area contributed by atoms with Crippen molar-refractivity contribution in [3.05, 3.63) is 257 Å². The first-order valence-electron chi connectivity index (χ1n) is 24.2. The number of ether oxygens (including phenoxy) is 2. The van der Waals surface area contributed by atoms with Gasteiger partial charge in [-0.05, 0) is 33.7 Å². The van der Waals surface area contributed by atoms with Crippen LogP contribution >= 0.6 is 0 Å². The number of rotatable bonds is 10. The molecule has 26 heteroatoms. The predicted octanol–water partition coefficient (Wildman–Crippen LogP) is 13.0. The molecule has 0 fully saturated rings. The van der Waals surface area contributed by atoms with Crippen molar-refractivity contribution in [2.75, 3.05) is 0 Å². The molecule has 436 valence electrons. The highest BCUT2D eigenvalue weighted by atomic mass is 127. The number of furan rings is 2. The molecule has 86 heavy (non-hydrogen) atoms. The zero-order valence-electron chi connectivity index (χ0n) is 41.8. The zero-order chi connectivity index (χ0) is 61.5. The molecule has 2 heterocycles. The van der Waals surface area contributed by atoms with Crippen LogP contribution in [0, 0.1) is 124 Å². The van der Waals surface area contributed by atoms with Crippen LogP contribution in [-0.2, 0) is 0 Å². The van der Waals surface area contributed by atoms with E-state index in [2.05, 4.69) is 60.7 Å². The van der Waals surface area contributed by atoms with Gasteiger partial charge < -0.3 is 18.3 Å². The van der Waals surface area contributed by atoms with E-state index in [4.69, 9.17) is 18.3 Å². The number of halogens is 21. The highest BCUT2D eigenvalue weighted by molar-refractivity contribution is 7.20. The van der Waals surface area contributed by atoms with Gasteiger partial charge in [-0.3, -0.25) is 0 Å². The summed E-state index contributed by atoms with van der Waals surface area (Å²) >= 11 is -0.717. The first-order chi connectivity index (χ1) is 41.0. The summed E-state index contributed by atoms with van der Waals surface area (Å²) in [5.74, 6) is -68.9. The Morgan fingerprint density at radius 2 is 0.465 bits per heavy atom. The minimum absolute atomic E-state index is 0.464. The molecule has 0 saturated heterocycles. The van der Waals surface area contributed by atoms with Crippen molar-refractivity contribution in [3.63, 3.8) is 0 Å². The van der Waals surface area contributed by atoms with E-state index in [0.29, 0.717) is 11.9 Å². The smallest absolute Gasteiger partial charge is 0.425 e. The lowest BCUT2D eigenvalue weighted by molar-refractivity contribution is -0.636. The second kappa shape index (κ2) is 22.3. The molecule has 0 bridgehead atoms. The van der Waals surface area contributed by atoms with Crippen molar-refractivity contribution in [2.45, 2.75) is 0 Å². The summed E-state index contributed by atoms with van der Waals surface area (Å²) in [4.78, 5) is 0. The molecule has 12 aromatic rings. The highest BCUT2D eigenvalue weighted by Crippen LogP contribution is 2.40. The molecule has 0 N–H and O–H groups in total. The summed E-state index contributed by atoms with van der Waals surface area (Å²) in [6.45, 7) is 0. The van der Waals surface area contributed by atoms with Crippen LogP contribution in [0.25, 0.3) is 43.1 Å². The molecule has 0 amide bonds. The zero-order valence-corrected chi connectivity index (χ0v) is 44.0. The van der Waals surface area contributed by atoms with Gasteiger partial charge in [-0.25, -0.2) is 87.8 Å². The summed E-state index contributed by atoms with van der Waals surface area (Å²) in [6.07, 6.45) is -7.22. The highest BCUT2D eigenvalue weighted by Gasteiger charge is 2.52. The molecule has 12 rings (SSSR count). The second-order valence-electron chi connectivity index (χ2n) is 18.5. The van der Waals surface area contributed by atoms with Gasteiger partial charge in [-0.1, -0.05) is 97.1 Å². The fourth-order valence-corrected chi connectivity index (χ4v) is 12.0. The van der Waals surface area contributed by atoms with Gasteiger partial charge in [0.1, 0.15) is 64.2 Å². The van der Waals surface area contributed by atoms with Crippen LogP contribution in [0.15, 0.2) is 142 Å². The Balaban J connectivity index is 0.000000179. The van der Waals surface area contributed by atoms with Crippen LogP contribution < -0.4 is 52.5 Å². The molecular formula is C60H22BF20IO4. The Morgan fingerprint density at radius 3 is 0.698 bits per heavy atom. The van der Waals surface area contributed by atoms with E-state index in [1.807, 2.05) is 72.8 Å². The van der Waals surface area contributed by atoms with Gasteiger partial charge >= 0.3 is 28.7 Å². The molecule has 0 saturated carbocycles. The fourth-order valence-electron chi connectivity index (χ4n) is 10.1. The van der Waals surface area contributed by atoms with E-state index in [-0.39, 0.29) is 0 Å². The van der Waals surface area contributed by atoms with E-state index in [0.717, 1.165) is 62.1 Å². The Kier molecular flexibility index (Phi) is 15.2. The molecule has 0 radical (unpaired) electrons. The lowest BCUT2D eigenvalue weighted by Gasteiger charge is -2.44. The molecule has 0 unspecified atom stereocenters. The fraction of sp³-hybridized carbons (Fsp3) is 0. The van der Waals surface area contributed by atoms with Gasteiger partial charge in [-0.15, -0.1) is 21.9 Å². The quantitative estimate of drug-likeness (QED) is 0.0342. The SMILES string of the molecule is Fc1c(F)c(F)c([B-](c2c(F)c(F)c(F)c(F)c2F)(c2c(F)c(F)c(F)c(F)c2F)c2c(F)c(F)c(F)c(F)c2F)c(F)c1F.c1ccc2c(Oc3ccc([I+]c4ccc(Oc5c6ccccc6cc6ccccc56)o4)o3)c3ccccc3cc2c1. The normalized spacial score (nSPS) is 11.8. The van der Waals surface area contributed by atoms with Gasteiger partial charge in [0.2, 0.25) is 0 Å². The van der Waals surface area contributed by atoms with Gasteiger partial charge in [0.25, 0.3) is 11.9 Å². The lowest BCUT2D eigenvalue weighted by Crippen LogP contribution is -3.61. The van der Waals surface area contributed by atoms with Crippen LogP contribution in [-0.4, -0.2) is 6.15 Å². The predicted molar refractivity (Wildman–Crippen MR) is 267 cm³/mol. The molecule has 0 aliphatic rings. The van der Waals surface area contributed by atoms with Crippen molar-refractivity contribution in [2.24, 2.45) is 0 Å². The summed E-state index contributed by atoms with van der Waals surface area (Å²) in [7, 11) is 0. The third kappa shape index (κ3) is 9.34. The van der Waals surface area contributed by atoms with Crippen molar-refractivity contribution in [1.82, 2.24) is 0 Å². The Morgan fingerprint density at radius 1 is 0.256 bits per heavy atom. The third-order valence-electron chi connectivity index (χ3n) is 13.8. The molecule has 0 aliphatic heterocycles. The van der Waals surface area contributed by atoms with Crippen molar-refractivity contribution in [3.8, 4) is 23.4 Å². The van der Waals surface area contributed by atoms with Gasteiger partial charge in [0.15, 0.2) is 69.8 Å². The third-order valence-corrected chi connectivity index (χ3v) is 16.1. The number of hydrogen-bond acceptors (Lipinski definition) is 4. The molecule has 10 aromatic carbocycles. The average molecular weight is 1320 g/mol. The van der Waals surface area contributed by atoms with Crippen LogP contribution in [0.1, 0.15) is 0 Å². The van der Waals surface area contributed by atoms with Crippen LogP contribution in [0.4, 0.5) is 87.8 Å². The van der Waals surface area contributed by atoms with E-state index in [1.165, 1.54) is 0 Å². The standard InChI is InChI=1S/C36H22IO4.C24BF20/c1-5-13-27-23(9-1)21-24-10-2-6-14-28(24)35(27)40-33-19-17-31(38-33)37-32-18-20-34(39-32)41-36-29-15-7-3-11-25(29)22-26-12-4-8-16-30(26)36;26-5-1(6(27)14(35)21(42)13(5)34)25(2-7(28)15(36)22(43)16(37)8(2)29,3-9(30)17(38)23(44)18(39)10(3)31)4-11(32)19(40)24(45)20(41)12(4)33/h1-22H;/q+1;-1. The van der Waals surface area contributed by atoms with Crippen LogP contribution in [0.5, 0.6) is 23.4 Å². The first kappa shape index (κ1) is 58.6. The summed E-state index contributed by atoms with van der Waals surface area (Å²) in [5, 5.41) is 8.70. The van der Waals surface area contributed by atoms with Crippen LogP contribution in [0.2, 0.25) is 0 Å². The molecule has 2 aromatic heterocycles. The average Bonchev–Trinajstić information content (AvgIpc) is 0.747. The topological polar surface area (TPSA) is 44.7 Å². The first-order valence-corrected chi connectivity index (χ1v) is 26.4. The summed E-state index contributed by atoms with van der Waals surface area (Å²) in [6, 6.07) is 45.1. The van der Waals surface area contributed by atoms with E-state index in [9.17, 15) is 52.7 Å². The summed E-state index contributed by atoms with van der Waals surface area (Å²) in [5.41, 5.74) is -14.3. The minimum Gasteiger partial charge on any atom is -0.425 e. The van der Waals surface area contributed by atoms with Gasteiger partial charge in [-0.2, -0.15) is 0 Å². The monoisotopic (exact) mass is 1320 g/mol. The van der Waals surface area contributed by atoms with Crippen molar-refractivity contribution in [1.29, 1.82) is 0 Å². The maximum Gasteiger partial charge on any atom is 0.443 e. The number of benzene rings is 10. The molecule has 4 nitrogen and oxygen atoms in total. The molecular weight excluding hydrogens is 1300 g/mol. The Bertz CT molecular complexity index is 4140. The molecule has 0 spiro atoms. The largest absolute Gasteiger partial charge is 0.443 e. The van der Waals surface area contributed by atoms with E-state index >= 15 is 35.1 Å². The van der Waals surface area contributed by atoms with Gasteiger partial charge in [0.05, 0.1) is 0 Å². The molecule has 0 atom stereocenters. The van der Waals surface area contributed by atoms with Crippen LogP contribution in [0.3, 0.4) is 0 Å². The van der Waals surface area contributed by atoms with Crippen molar-refractivity contribution >= 4 is 71.1 Å². The number of hydrogen-bond donors (Lipinski definition) is 0. The number of fused-ring (bicyclic) bond motifs is 4. The Labute approximate surface area is 477 Å². The maximum atomic E-state index is 15.4. The summed E-state index contributed by atoms with van der Waals surface area (Å²) < 4.78 is 321. The maximum absolute atomic E-state index is 15.4. The minimum atomic E-state index is -7.22. The van der Waals surface area contributed by atoms with Crippen molar-refractivity contribution < 1.29 is 127 Å². The Hall–Kier alpha value is -9.21. The van der Waals surface area contributed by atoms with E-state index in [1.54, 1.807) is 0 Å².